The highest BCUT2D eigenvalue weighted by molar-refractivity contribution is 9.10. The summed E-state index contributed by atoms with van der Waals surface area (Å²) in [5.74, 6) is -0.185. The van der Waals surface area contributed by atoms with Gasteiger partial charge in [0.1, 0.15) is 5.82 Å². The van der Waals surface area contributed by atoms with Gasteiger partial charge in [0.05, 0.1) is 0 Å². The van der Waals surface area contributed by atoms with Crippen molar-refractivity contribution in [3.63, 3.8) is 0 Å². The summed E-state index contributed by atoms with van der Waals surface area (Å²) in [4.78, 5) is 0. The van der Waals surface area contributed by atoms with Crippen molar-refractivity contribution in [2.24, 2.45) is 0 Å². The van der Waals surface area contributed by atoms with E-state index in [0.29, 0.717) is 6.54 Å². The van der Waals surface area contributed by atoms with E-state index in [9.17, 15) is 4.39 Å². The smallest absolute Gasteiger partial charge is 0.123 e. The van der Waals surface area contributed by atoms with E-state index >= 15 is 0 Å². The topological polar surface area (TPSA) is 24.1 Å². The second kappa shape index (κ2) is 4.82. The largest absolute Gasteiger partial charge is 0.315 e. The van der Waals surface area contributed by atoms with Crippen molar-refractivity contribution in [1.82, 2.24) is 10.6 Å². The van der Waals surface area contributed by atoms with Crippen LogP contribution in [0.3, 0.4) is 0 Å². The van der Waals surface area contributed by atoms with Gasteiger partial charge < -0.3 is 10.6 Å². The third-order valence-corrected chi connectivity index (χ3v) is 3.86. The van der Waals surface area contributed by atoms with Crippen LogP contribution >= 0.6 is 15.9 Å². The molecular formula is C12H16BrFN2. The normalized spacial score (nSPS) is 24.9. The maximum absolute atomic E-state index is 13.1. The summed E-state index contributed by atoms with van der Waals surface area (Å²) in [5.41, 5.74) is 1.10. The zero-order chi connectivity index (χ0) is 11.6. The molecule has 1 aliphatic heterocycles. The zero-order valence-electron chi connectivity index (χ0n) is 9.32. The molecule has 0 aromatic heterocycles. The Morgan fingerprint density at radius 1 is 1.56 bits per heavy atom. The van der Waals surface area contributed by atoms with Crippen molar-refractivity contribution >= 4 is 15.9 Å². The van der Waals surface area contributed by atoms with Gasteiger partial charge in [0.2, 0.25) is 0 Å². The molecule has 1 saturated heterocycles. The van der Waals surface area contributed by atoms with Crippen molar-refractivity contribution in [2.45, 2.75) is 25.4 Å². The molecule has 88 valence electrons. The van der Waals surface area contributed by atoms with Crippen LogP contribution < -0.4 is 10.6 Å². The molecule has 1 aliphatic rings. The minimum atomic E-state index is -0.185. The van der Waals surface area contributed by atoms with Crippen LogP contribution in [0.5, 0.6) is 0 Å². The van der Waals surface area contributed by atoms with Gasteiger partial charge in [-0.2, -0.15) is 0 Å². The first-order chi connectivity index (χ1) is 7.59. The molecule has 2 rings (SSSR count). The highest BCUT2D eigenvalue weighted by Crippen LogP contribution is 2.20. The first-order valence-corrected chi connectivity index (χ1v) is 6.28. The molecular weight excluding hydrogens is 271 g/mol. The fourth-order valence-electron chi connectivity index (χ4n) is 1.96. The Morgan fingerprint density at radius 2 is 2.38 bits per heavy atom. The van der Waals surface area contributed by atoms with Crippen LogP contribution in [-0.2, 0) is 6.54 Å². The lowest BCUT2D eigenvalue weighted by atomic mass is 10.0. The van der Waals surface area contributed by atoms with E-state index in [0.717, 1.165) is 29.5 Å². The lowest BCUT2D eigenvalue weighted by Gasteiger charge is -2.24. The van der Waals surface area contributed by atoms with E-state index in [1.807, 2.05) is 0 Å². The third kappa shape index (κ3) is 2.81. The second-order valence-electron chi connectivity index (χ2n) is 4.58. The van der Waals surface area contributed by atoms with E-state index in [1.165, 1.54) is 6.07 Å². The third-order valence-electron chi connectivity index (χ3n) is 3.08. The number of rotatable bonds is 3. The molecule has 0 spiro atoms. The van der Waals surface area contributed by atoms with Crippen LogP contribution in [0, 0.1) is 5.82 Å². The van der Waals surface area contributed by atoms with E-state index in [-0.39, 0.29) is 11.4 Å². The van der Waals surface area contributed by atoms with Crippen LogP contribution in [0.1, 0.15) is 18.9 Å². The standard InChI is InChI=1S/C12H16BrFN2/c1-12(4-5-15-8-12)16-7-9-6-10(14)2-3-11(9)13/h2-3,6,15-16H,4-5,7-8H2,1H3. The van der Waals surface area contributed by atoms with Crippen molar-refractivity contribution < 1.29 is 4.39 Å². The monoisotopic (exact) mass is 286 g/mol. The van der Waals surface area contributed by atoms with Crippen molar-refractivity contribution in [1.29, 1.82) is 0 Å². The molecule has 2 nitrogen and oxygen atoms in total. The van der Waals surface area contributed by atoms with Gasteiger partial charge in [0, 0.05) is 23.1 Å². The Bertz CT molecular complexity index is 375. The summed E-state index contributed by atoms with van der Waals surface area (Å²) in [7, 11) is 0. The van der Waals surface area contributed by atoms with Crippen LogP contribution in [0.4, 0.5) is 4.39 Å². The van der Waals surface area contributed by atoms with Gasteiger partial charge in [0.25, 0.3) is 0 Å². The van der Waals surface area contributed by atoms with Crippen LogP contribution in [0.25, 0.3) is 0 Å². The van der Waals surface area contributed by atoms with E-state index in [4.69, 9.17) is 0 Å². The average molecular weight is 287 g/mol. The molecule has 1 fully saturated rings. The van der Waals surface area contributed by atoms with Gasteiger partial charge in [-0.1, -0.05) is 15.9 Å². The highest BCUT2D eigenvalue weighted by Gasteiger charge is 2.27. The Hall–Kier alpha value is -0.450. The molecule has 0 aliphatic carbocycles. The Morgan fingerprint density at radius 3 is 3.06 bits per heavy atom. The maximum Gasteiger partial charge on any atom is 0.123 e. The Kier molecular flexibility index (Phi) is 3.62. The summed E-state index contributed by atoms with van der Waals surface area (Å²) < 4.78 is 14.0. The molecule has 0 saturated carbocycles. The lowest BCUT2D eigenvalue weighted by molar-refractivity contribution is 0.385. The summed E-state index contributed by atoms with van der Waals surface area (Å²) >= 11 is 3.44. The number of hydrogen-bond donors (Lipinski definition) is 2. The van der Waals surface area contributed by atoms with E-state index < -0.39 is 0 Å². The fraction of sp³-hybridized carbons (Fsp3) is 0.500. The predicted molar refractivity (Wildman–Crippen MR) is 66.8 cm³/mol. The molecule has 1 heterocycles. The minimum Gasteiger partial charge on any atom is -0.315 e. The zero-order valence-corrected chi connectivity index (χ0v) is 10.9. The number of nitrogens with one attached hydrogen (secondary N) is 2. The summed E-state index contributed by atoms with van der Waals surface area (Å²) in [5, 5.41) is 6.81. The summed E-state index contributed by atoms with van der Waals surface area (Å²) in [6, 6.07) is 4.79. The maximum atomic E-state index is 13.1. The molecule has 0 radical (unpaired) electrons. The minimum absolute atomic E-state index is 0.131. The van der Waals surface area contributed by atoms with Crippen LogP contribution in [-0.4, -0.2) is 18.6 Å². The molecule has 1 aromatic rings. The summed E-state index contributed by atoms with van der Waals surface area (Å²) in [6.07, 6.45) is 1.11. The van der Waals surface area contributed by atoms with Crippen LogP contribution in [0.15, 0.2) is 22.7 Å². The summed E-state index contributed by atoms with van der Waals surface area (Å²) in [6.45, 7) is 4.91. The fourth-order valence-corrected chi connectivity index (χ4v) is 2.34. The van der Waals surface area contributed by atoms with Gasteiger partial charge in [-0.3, -0.25) is 0 Å². The lowest BCUT2D eigenvalue weighted by Crippen LogP contribution is -2.43. The SMILES string of the molecule is CC1(NCc2cc(F)ccc2Br)CCNC1. The molecule has 0 amide bonds. The van der Waals surface area contributed by atoms with E-state index in [2.05, 4.69) is 33.5 Å². The average Bonchev–Trinajstić information content (AvgIpc) is 2.67. The highest BCUT2D eigenvalue weighted by atomic mass is 79.9. The number of benzene rings is 1. The first kappa shape index (κ1) is 12.0. The van der Waals surface area contributed by atoms with Gasteiger partial charge in [-0.25, -0.2) is 4.39 Å². The van der Waals surface area contributed by atoms with Crippen LogP contribution in [0.2, 0.25) is 0 Å². The molecule has 16 heavy (non-hydrogen) atoms. The first-order valence-electron chi connectivity index (χ1n) is 5.49. The molecule has 0 bridgehead atoms. The molecule has 2 N–H and O–H groups in total. The predicted octanol–water partition coefficient (Wildman–Crippen LogP) is 2.43. The molecule has 4 heteroatoms. The van der Waals surface area contributed by atoms with Crippen molar-refractivity contribution in [3.05, 3.63) is 34.1 Å². The quantitative estimate of drug-likeness (QED) is 0.892. The molecule has 1 unspecified atom stereocenters. The molecule has 1 atom stereocenters. The van der Waals surface area contributed by atoms with E-state index in [1.54, 1.807) is 12.1 Å². The number of hydrogen-bond acceptors (Lipinski definition) is 2. The Balaban J connectivity index is 2.01. The second-order valence-corrected chi connectivity index (χ2v) is 5.43. The van der Waals surface area contributed by atoms with Gasteiger partial charge >= 0.3 is 0 Å². The van der Waals surface area contributed by atoms with Crippen molar-refractivity contribution in [3.8, 4) is 0 Å². The van der Waals surface area contributed by atoms with Crippen molar-refractivity contribution in [2.75, 3.05) is 13.1 Å². The Labute approximate surface area is 104 Å². The number of halogens is 2. The van der Waals surface area contributed by atoms with Gasteiger partial charge in [0.15, 0.2) is 0 Å². The van der Waals surface area contributed by atoms with Gasteiger partial charge in [-0.15, -0.1) is 0 Å². The molecule has 1 aromatic carbocycles. The van der Waals surface area contributed by atoms with Gasteiger partial charge in [-0.05, 0) is 43.7 Å².